The Balaban J connectivity index is 1.17. The van der Waals surface area contributed by atoms with Crippen LogP contribution >= 0.6 is 0 Å². The lowest BCUT2D eigenvalue weighted by atomic mass is 10.0. The molecule has 4 rings (SSSR count). The molecule has 35 heavy (non-hydrogen) atoms. The third-order valence-corrected chi connectivity index (χ3v) is 6.84. The van der Waals surface area contributed by atoms with Crippen LogP contribution in [-0.4, -0.2) is 66.7 Å². The molecule has 5 amide bonds. The van der Waals surface area contributed by atoms with E-state index in [1.165, 1.54) is 0 Å². The fourth-order valence-electron chi connectivity index (χ4n) is 4.67. The number of carbonyl (C=O) groups excluding carboxylic acids is 5. The van der Waals surface area contributed by atoms with E-state index in [0.29, 0.717) is 17.8 Å². The van der Waals surface area contributed by atoms with Crippen LogP contribution in [0.2, 0.25) is 0 Å². The third kappa shape index (κ3) is 5.70. The Morgan fingerprint density at radius 3 is 2.34 bits per heavy atom. The van der Waals surface area contributed by atoms with Gasteiger partial charge in [-0.15, -0.1) is 0 Å². The molecule has 3 heterocycles. The molecule has 3 aliphatic rings. The van der Waals surface area contributed by atoms with Gasteiger partial charge in [-0.25, -0.2) is 0 Å². The largest absolute Gasteiger partial charge is 0.384 e. The van der Waals surface area contributed by atoms with Crippen molar-refractivity contribution < 1.29 is 24.0 Å². The van der Waals surface area contributed by atoms with Crippen molar-refractivity contribution in [2.45, 2.75) is 57.4 Å². The quantitative estimate of drug-likeness (QED) is 0.259. The van der Waals surface area contributed by atoms with Crippen molar-refractivity contribution in [2.24, 2.45) is 5.92 Å². The average Bonchev–Trinajstić information content (AvgIpc) is 3.05. The first-order chi connectivity index (χ1) is 17.0. The summed E-state index contributed by atoms with van der Waals surface area (Å²) in [6, 6.07) is 4.13. The Morgan fingerprint density at radius 1 is 0.943 bits per heavy atom. The summed E-state index contributed by atoms with van der Waals surface area (Å²) in [5.74, 6) is -1.70. The highest BCUT2D eigenvalue weighted by atomic mass is 16.2. The number of unbranched alkanes of at least 4 members (excludes halogenated alkanes) is 5. The number of piperidine rings is 1. The maximum atomic E-state index is 13.1. The smallest absolute Gasteiger partial charge is 0.264 e. The van der Waals surface area contributed by atoms with Crippen LogP contribution in [0, 0.1) is 5.92 Å². The van der Waals surface area contributed by atoms with Gasteiger partial charge in [0.05, 0.1) is 17.0 Å². The molecule has 1 aromatic rings. The van der Waals surface area contributed by atoms with E-state index in [0.717, 1.165) is 63.1 Å². The molecule has 188 valence electrons. The second kappa shape index (κ2) is 11.4. The van der Waals surface area contributed by atoms with E-state index in [1.807, 2.05) is 0 Å². The molecule has 0 aromatic heterocycles. The maximum absolute atomic E-state index is 13.1. The van der Waals surface area contributed by atoms with Crippen molar-refractivity contribution in [1.29, 1.82) is 0 Å². The van der Waals surface area contributed by atoms with Gasteiger partial charge in [-0.3, -0.25) is 34.2 Å². The summed E-state index contributed by atoms with van der Waals surface area (Å²) in [4.78, 5) is 62.4. The van der Waals surface area contributed by atoms with Crippen LogP contribution in [-0.2, 0) is 14.4 Å². The third-order valence-electron chi connectivity index (χ3n) is 6.84. The van der Waals surface area contributed by atoms with Gasteiger partial charge >= 0.3 is 0 Å². The molecule has 0 aliphatic carbocycles. The van der Waals surface area contributed by atoms with Crippen molar-refractivity contribution in [1.82, 2.24) is 20.9 Å². The van der Waals surface area contributed by atoms with E-state index >= 15 is 0 Å². The Kier molecular flexibility index (Phi) is 8.12. The standard InChI is InChI=1S/C25H33N5O5/c31-20-11-10-19(23(33)29-20)30-24(34)17-8-7-9-18(21(17)25(30)35)27-12-5-3-1-2-4-6-13-28-22(32)16-14-26-15-16/h7-9,16,19,26-27H,1-6,10-15H2,(H,28,32)(H,29,31,33). The van der Waals surface area contributed by atoms with E-state index in [2.05, 4.69) is 21.3 Å². The number of nitrogens with zero attached hydrogens (tertiary/aromatic N) is 1. The second-order valence-electron chi connectivity index (χ2n) is 9.37. The van der Waals surface area contributed by atoms with Gasteiger partial charge in [0.15, 0.2) is 0 Å². The molecule has 2 fully saturated rings. The Morgan fingerprint density at radius 2 is 1.66 bits per heavy atom. The van der Waals surface area contributed by atoms with Gasteiger partial charge < -0.3 is 16.0 Å². The second-order valence-corrected chi connectivity index (χ2v) is 9.37. The molecule has 10 heteroatoms. The van der Waals surface area contributed by atoms with Crippen molar-refractivity contribution in [3.05, 3.63) is 29.3 Å². The van der Waals surface area contributed by atoms with Crippen LogP contribution in [0.3, 0.4) is 0 Å². The first-order valence-electron chi connectivity index (χ1n) is 12.5. The van der Waals surface area contributed by atoms with Gasteiger partial charge in [0.25, 0.3) is 11.8 Å². The molecule has 1 unspecified atom stereocenters. The molecule has 2 saturated heterocycles. The number of fused-ring (bicyclic) bond motifs is 1. The number of anilines is 1. The number of nitrogens with one attached hydrogen (secondary N) is 4. The van der Waals surface area contributed by atoms with E-state index in [9.17, 15) is 24.0 Å². The van der Waals surface area contributed by atoms with E-state index in [1.54, 1.807) is 18.2 Å². The first-order valence-corrected chi connectivity index (χ1v) is 12.5. The van der Waals surface area contributed by atoms with Crippen LogP contribution in [0.4, 0.5) is 5.69 Å². The van der Waals surface area contributed by atoms with Gasteiger partial charge in [0.1, 0.15) is 6.04 Å². The molecule has 10 nitrogen and oxygen atoms in total. The molecule has 1 aromatic carbocycles. The van der Waals surface area contributed by atoms with Gasteiger partial charge in [0, 0.05) is 38.3 Å². The Bertz CT molecular complexity index is 1010. The summed E-state index contributed by atoms with van der Waals surface area (Å²) in [6.07, 6.45) is 6.47. The van der Waals surface area contributed by atoms with Crippen LogP contribution in [0.1, 0.15) is 72.1 Å². The van der Waals surface area contributed by atoms with E-state index in [-0.39, 0.29) is 30.2 Å². The summed E-state index contributed by atoms with van der Waals surface area (Å²) in [6.45, 7) is 2.98. The molecule has 0 bridgehead atoms. The predicted octanol–water partition coefficient (Wildman–Crippen LogP) is 1.18. The first kappa shape index (κ1) is 24.8. The zero-order valence-electron chi connectivity index (χ0n) is 19.9. The highest BCUT2D eigenvalue weighted by Gasteiger charge is 2.45. The summed E-state index contributed by atoms with van der Waals surface area (Å²) in [7, 11) is 0. The lowest BCUT2D eigenvalue weighted by Gasteiger charge is -2.27. The van der Waals surface area contributed by atoms with Crippen LogP contribution in [0.5, 0.6) is 0 Å². The van der Waals surface area contributed by atoms with E-state index < -0.39 is 29.7 Å². The molecule has 0 spiro atoms. The lowest BCUT2D eigenvalue weighted by Crippen LogP contribution is -2.54. The fraction of sp³-hybridized carbons (Fsp3) is 0.560. The number of hydrogen-bond acceptors (Lipinski definition) is 7. The molecule has 0 radical (unpaired) electrons. The lowest BCUT2D eigenvalue weighted by molar-refractivity contribution is -0.136. The van der Waals surface area contributed by atoms with Gasteiger partial charge in [-0.2, -0.15) is 0 Å². The topological polar surface area (TPSA) is 137 Å². The van der Waals surface area contributed by atoms with Crippen LogP contribution < -0.4 is 21.3 Å². The number of carbonyl (C=O) groups is 5. The minimum atomic E-state index is -0.962. The zero-order valence-corrected chi connectivity index (χ0v) is 19.9. The minimum Gasteiger partial charge on any atom is -0.384 e. The molecule has 4 N–H and O–H groups in total. The number of rotatable bonds is 12. The Labute approximate surface area is 204 Å². The molecule has 0 saturated carbocycles. The monoisotopic (exact) mass is 483 g/mol. The normalized spacial score (nSPS) is 19.9. The van der Waals surface area contributed by atoms with Gasteiger partial charge in [-0.1, -0.05) is 31.7 Å². The molecule has 1 atom stereocenters. The minimum absolute atomic E-state index is 0.0989. The number of benzene rings is 1. The molecular formula is C25H33N5O5. The highest BCUT2D eigenvalue weighted by molar-refractivity contribution is 6.25. The van der Waals surface area contributed by atoms with Crippen molar-refractivity contribution in [2.75, 3.05) is 31.5 Å². The SMILES string of the molecule is O=C1CCC(N2C(=O)c3cccc(NCCCCCCCCNC(=O)C4CNC4)c3C2=O)C(=O)N1. The van der Waals surface area contributed by atoms with Gasteiger partial charge in [0.2, 0.25) is 17.7 Å². The summed E-state index contributed by atoms with van der Waals surface area (Å²) in [5, 5.41) is 11.6. The number of amides is 5. The van der Waals surface area contributed by atoms with Crippen molar-refractivity contribution in [3.63, 3.8) is 0 Å². The van der Waals surface area contributed by atoms with E-state index in [4.69, 9.17) is 0 Å². The number of imide groups is 2. The molecular weight excluding hydrogens is 450 g/mol. The van der Waals surface area contributed by atoms with Gasteiger partial charge in [-0.05, 0) is 31.4 Å². The maximum Gasteiger partial charge on any atom is 0.264 e. The summed E-state index contributed by atoms with van der Waals surface area (Å²) >= 11 is 0. The zero-order chi connectivity index (χ0) is 24.8. The Hall–Kier alpha value is -3.27. The number of hydrogen-bond donors (Lipinski definition) is 4. The highest BCUT2D eigenvalue weighted by Crippen LogP contribution is 2.32. The summed E-state index contributed by atoms with van der Waals surface area (Å²) < 4.78 is 0. The van der Waals surface area contributed by atoms with Crippen LogP contribution in [0.25, 0.3) is 0 Å². The van der Waals surface area contributed by atoms with Crippen LogP contribution in [0.15, 0.2) is 18.2 Å². The average molecular weight is 484 g/mol. The van der Waals surface area contributed by atoms with Crippen molar-refractivity contribution >= 4 is 35.2 Å². The van der Waals surface area contributed by atoms with Crippen molar-refractivity contribution in [3.8, 4) is 0 Å². The predicted molar refractivity (Wildman–Crippen MR) is 129 cm³/mol. The summed E-state index contributed by atoms with van der Waals surface area (Å²) in [5.41, 5.74) is 1.17. The fourth-order valence-corrected chi connectivity index (χ4v) is 4.67. The molecule has 3 aliphatic heterocycles.